The lowest BCUT2D eigenvalue weighted by Gasteiger charge is -2.18. The zero-order chi connectivity index (χ0) is 13.8. The van der Waals surface area contributed by atoms with E-state index < -0.39 is 5.60 Å². The number of hydrogen-bond donors (Lipinski definition) is 1. The van der Waals surface area contributed by atoms with Crippen LogP contribution in [0.15, 0.2) is 0 Å². The summed E-state index contributed by atoms with van der Waals surface area (Å²) < 4.78 is 5.33. The standard InChI is InChI=1S/C12H19ClN2O2S/c1-5-6-14-11-15-8(7-13)9(18-11)10(16)17-12(2,3)4/h5-7H2,1-4H3,(H,14,15). The molecule has 1 aromatic rings. The first-order valence-corrected chi connectivity index (χ1v) is 7.25. The lowest BCUT2D eigenvalue weighted by molar-refractivity contribution is 0.00741. The van der Waals surface area contributed by atoms with E-state index in [2.05, 4.69) is 17.2 Å². The molecular formula is C12H19ClN2O2S. The van der Waals surface area contributed by atoms with Crippen LogP contribution in [0.1, 0.15) is 49.5 Å². The summed E-state index contributed by atoms with van der Waals surface area (Å²) in [4.78, 5) is 16.8. The molecule has 0 radical (unpaired) electrons. The molecule has 1 aromatic heterocycles. The van der Waals surface area contributed by atoms with Crippen LogP contribution in [-0.4, -0.2) is 23.1 Å². The van der Waals surface area contributed by atoms with Gasteiger partial charge in [0.25, 0.3) is 0 Å². The average Bonchev–Trinajstić information content (AvgIpc) is 2.67. The van der Waals surface area contributed by atoms with Gasteiger partial charge >= 0.3 is 5.97 Å². The van der Waals surface area contributed by atoms with Gasteiger partial charge in [-0.15, -0.1) is 11.6 Å². The highest BCUT2D eigenvalue weighted by Gasteiger charge is 2.23. The average molecular weight is 291 g/mol. The van der Waals surface area contributed by atoms with Gasteiger partial charge in [0.15, 0.2) is 5.13 Å². The zero-order valence-electron chi connectivity index (χ0n) is 11.2. The van der Waals surface area contributed by atoms with Crippen LogP contribution < -0.4 is 5.32 Å². The van der Waals surface area contributed by atoms with Crippen molar-refractivity contribution in [1.29, 1.82) is 0 Å². The molecule has 0 saturated carbocycles. The van der Waals surface area contributed by atoms with E-state index in [0.29, 0.717) is 15.7 Å². The van der Waals surface area contributed by atoms with Gasteiger partial charge in [-0.2, -0.15) is 0 Å². The molecule has 1 N–H and O–H groups in total. The van der Waals surface area contributed by atoms with Crippen molar-refractivity contribution >= 4 is 34.0 Å². The van der Waals surface area contributed by atoms with Gasteiger partial charge in [0, 0.05) is 6.54 Å². The molecule has 0 spiro atoms. The lowest BCUT2D eigenvalue weighted by Crippen LogP contribution is -2.23. The van der Waals surface area contributed by atoms with Crippen molar-refractivity contribution in [3.8, 4) is 0 Å². The molecule has 1 heterocycles. The Morgan fingerprint density at radius 3 is 2.67 bits per heavy atom. The highest BCUT2D eigenvalue weighted by molar-refractivity contribution is 7.17. The molecule has 6 heteroatoms. The fraction of sp³-hybridized carbons (Fsp3) is 0.667. The van der Waals surface area contributed by atoms with Gasteiger partial charge in [-0.1, -0.05) is 18.3 Å². The number of anilines is 1. The predicted molar refractivity (Wildman–Crippen MR) is 75.6 cm³/mol. The van der Waals surface area contributed by atoms with Crippen molar-refractivity contribution in [2.45, 2.75) is 45.6 Å². The van der Waals surface area contributed by atoms with Crippen molar-refractivity contribution in [3.05, 3.63) is 10.6 Å². The van der Waals surface area contributed by atoms with Crippen LogP contribution in [-0.2, 0) is 10.6 Å². The number of aromatic nitrogens is 1. The predicted octanol–water partition coefficient (Wildman–Crippen LogP) is 3.66. The SMILES string of the molecule is CCCNc1nc(CCl)c(C(=O)OC(C)(C)C)s1. The number of nitrogens with one attached hydrogen (secondary N) is 1. The monoisotopic (exact) mass is 290 g/mol. The Bertz CT molecular complexity index is 413. The summed E-state index contributed by atoms with van der Waals surface area (Å²) in [7, 11) is 0. The van der Waals surface area contributed by atoms with E-state index in [9.17, 15) is 4.79 Å². The Balaban J connectivity index is 2.86. The van der Waals surface area contributed by atoms with E-state index in [-0.39, 0.29) is 11.8 Å². The van der Waals surface area contributed by atoms with Gasteiger partial charge in [0.05, 0.1) is 11.6 Å². The van der Waals surface area contributed by atoms with Gasteiger partial charge in [-0.3, -0.25) is 0 Å². The number of rotatable bonds is 5. The summed E-state index contributed by atoms with van der Waals surface area (Å²) in [5.41, 5.74) is 0.0660. The Hall–Kier alpha value is -0.810. The normalized spacial score (nSPS) is 11.4. The lowest BCUT2D eigenvalue weighted by atomic mass is 10.2. The van der Waals surface area contributed by atoms with Gasteiger partial charge < -0.3 is 10.1 Å². The molecule has 0 aliphatic carbocycles. The first-order chi connectivity index (χ1) is 8.37. The van der Waals surface area contributed by atoms with Crippen molar-refractivity contribution < 1.29 is 9.53 Å². The minimum Gasteiger partial charge on any atom is -0.456 e. The largest absolute Gasteiger partial charge is 0.456 e. The number of ether oxygens (including phenoxy) is 1. The van der Waals surface area contributed by atoms with Crippen LogP contribution in [0.2, 0.25) is 0 Å². The van der Waals surface area contributed by atoms with Crippen molar-refractivity contribution in [1.82, 2.24) is 4.98 Å². The topological polar surface area (TPSA) is 51.2 Å². The molecule has 0 aromatic carbocycles. The van der Waals surface area contributed by atoms with E-state index in [0.717, 1.165) is 13.0 Å². The number of esters is 1. The van der Waals surface area contributed by atoms with Crippen LogP contribution in [0.5, 0.6) is 0 Å². The Kier molecular flexibility index (Phi) is 5.41. The Morgan fingerprint density at radius 1 is 1.50 bits per heavy atom. The van der Waals surface area contributed by atoms with E-state index in [1.807, 2.05) is 20.8 Å². The number of carbonyl (C=O) groups excluding carboxylic acids is 1. The highest BCUT2D eigenvalue weighted by Crippen LogP contribution is 2.26. The Labute approximate surface area is 117 Å². The number of thiazole rings is 1. The summed E-state index contributed by atoms with van der Waals surface area (Å²) >= 11 is 7.09. The minimum absolute atomic E-state index is 0.207. The van der Waals surface area contributed by atoms with Crippen LogP contribution in [0.3, 0.4) is 0 Å². The second-order valence-electron chi connectivity index (χ2n) is 4.86. The van der Waals surface area contributed by atoms with Crippen molar-refractivity contribution in [2.75, 3.05) is 11.9 Å². The molecule has 0 saturated heterocycles. The molecule has 18 heavy (non-hydrogen) atoms. The van der Waals surface area contributed by atoms with E-state index in [1.165, 1.54) is 11.3 Å². The van der Waals surface area contributed by atoms with E-state index in [1.54, 1.807) is 0 Å². The number of hydrogen-bond acceptors (Lipinski definition) is 5. The molecule has 0 atom stereocenters. The molecular weight excluding hydrogens is 272 g/mol. The van der Waals surface area contributed by atoms with Gasteiger partial charge in [0.1, 0.15) is 10.5 Å². The summed E-state index contributed by atoms with van der Waals surface area (Å²) in [6.45, 7) is 8.40. The number of alkyl halides is 1. The Morgan fingerprint density at radius 2 is 2.17 bits per heavy atom. The molecule has 0 fully saturated rings. The second kappa shape index (κ2) is 6.38. The maximum absolute atomic E-state index is 12.0. The molecule has 0 unspecified atom stereocenters. The molecule has 0 aliphatic rings. The summed E-state index contributed by atoms with van der Waals surface area (Å²) in [5, 5.41) is 3.86. The molecule has 102 valence electrons. The second-order valence-corrected chi connectivity index (χ2v) is 6.12. The van der Waals surface area contributed by atoms with Crippen LogP contribution >= 0.6 is 22.9 Å². The maximum atomic E-state index is 12.0. The van der Waals surface area contributed by atoms with Crippen LogP contribution in [0.4, 0.5) is 5.13 Å². The van der Waals surface area contributed by atoms with Gasteiger partial charge in [-0.05, 0) is 27.2 Å². The first kappa shape index (κ1) is 15.2. The summed E-state index contributed by atoms with van der Waals surface area (Å²) in [5.74, 6) is -0.154. The third-order valence-electron chi connectivity index (χ3n) is 1.93. The molecule has 0 amide bonds. The molecule has 4 nitrogen and oxygen atoms in total. The van der Waals surface area contributed by atoms with Crippen molar-refractivity contribution in [3.63, 3.8) is 0 Å². The highest BCUT2D eigenvalue weighted by atomic mass is 35.5. The molecule has 0 aliphatic heterocycles. The molecule has 0 bridgehead atoms. The van der Waals surface area contributed by atoms with Crippen molar-refractivity contribution in [2.24, 2.45) is 0 Å². The maximum Gasteiger partial charge on any atom is 0.350 e. The van der Waals surface area contributed by atoms with Gasteiger partial charge in [-0.25, -0.2) is 9.78 Å². The fourth-order valence-electron chi connectivity index (χ4n) is 1.23. The zero-order valence-corrected chi connectivity index (χ0v) is 12.7. The number of halogens is 1. The third-order valence-corrected chi connectivity index (χ3v) is 3.22. The van der Waals surface area contributed by atoms with Crippen LogP contribution in [0.25, 0.3) is 0 Å². The van der Waals surface area contributed by atoms with Crippen LogP contribution in [0, 0.1) is 0 Å². The molecule has 1 rings (SSSR count). The number of carbonyl (C=O) groups is 1. The third kappa shape index (κ3) is 4.46. The van der Waals surface area contributed by atoms with Gasteiger partial charge in [0.2, 0.25) is 0 Å². The quantitative estimate of drug-likeness (QED) is 0.664. The number of nitrogens with zero attached hydrogens (tertiary/aromatic N) is 1. The summed E-state index contributed by atoms with van der Waals surface area (Å²) in [6.07, 6.45) is 0.998. The fourth-order valence-corrected chi connectivity index (χ4v) is 2.39. The smallest absolute Gasteiger partial charge is 0.350 e. The summed E-state index contributed by atoms with van der Waals surface area (Å²) in [6, 6.07) is 0. The first-order valence-electron chi connectivity index (χ1n) is 5.90. The van der Waals surface area contributed by atoms with E-state index in [4.69, 9.17) is 16.3 Å². The minimum atomic E-state index is -0.512. The van der Waals surface area contributed by atoms with E-state index >= 15 is 0 Å².